The van der Waals surface area contributed by atoms with Crippen LogP contribution in [0.4, 0.5) is 0 Å². The first kappa shape index (κ1) is 10.4. The van der Waals surface area contributed by atoms with E-state index in [0.29, 0.717) is 6.54 Å². The number of nitrogens with one attached hydrogen (secondary N) is 1. The van der Waals surface area contributed by atoms with E-state index in [9.17, 15) is 0 Å². The van der Waals surface area contributed by atoms with Gasteiger partial charge in [0.1, 0.15) is 0 Å². The third-order valence-electron chi connectivity index (χ3n) is 3.28. The number of aryl methyl sites for hydroxylation is 2. The molecule has 0 aliphatic rings. The zero-order valence-corrected chi connectivity index (χ0v) is 10.1. The Labute approximate surface area is 99.5 Å². The molecule has 2 aromatic heterocycles. The molecule has 3 aromatic rings. The van der Waals surface area contributed by atoms with Gasteiger partial charge >= 0.3 is 0 Å². The van der Waals surface area contributed by atoms with Gasteiger partial charge in [0, 0.05) is 18.3 Å². The van der Waals surface area contributed by atoms with Crippen molar-refractivity contribution in [1.82, 2.24) is 14.4 Å². The van der Waals surface area contributed by atoms with Crippen molar-refractivity contribution in [2.24, 2.45) is 5.73 Å². The predicted octanol–water partition coefficient (Wildman–Crippen LogP) is 1.93. The van der Waals surface area contributed by atoms with Crippen molar-refractivity contribution in [2.45, 2.75) is 20.3 Å². The highest BCUT2D eigenvalue weighted by Gasteiger charge is 2.08. The number of nitrogens with two attached hydrogens (primary N) is 1. The molecule has 0 aliphatic heterocycles. The van der Waals surface area contributed by atoms with Crippen LogP contribution < -0.4 is 5.73 Å². The van der Waals surface area contributed by atoms with Crippen molar-refractivity contribution < 1.29 is 0 Å². The fourth-order valence-corrected chi connectivity index (χ4v) is 2.18. The van der Waals surface area contributed by atoms with Crippen LogP contribution in [0, 0.1) is 13.8 Å². The molecule has 0 bridgehead atoms. The van der Waals surface area contributed by atoms with Gasteiger partial charge in [-0.25, -0.2) is 4.98 Å². The van der Waals surface area contributed by atoms with Crippen molar-refractivity contribution in [3.8, 4) is 0 Å². The Kier molecular flexibility index (Phi) is 2.19. The fraction of sp³-hybridized carbons (Fsp3) is 0.308. The summed E-state index contributed by atoms with van der Waals surface area (Å²) in [5, 5.41) is 0. The molecular formula is C13H16N4. The molecule has 0 radical (unpaired) electrons. The van der Waals surface area contributed by atoms with Crippen LogP contribution in [0.3, 0.4) is 0 Å². The molecule has 4 heteroatoms. The quantitative estimate of drug-likeness (QED) is 0.704. The lowest BCUT2D eigenvalue weighted by Gasteiger charge is -1.99. The van der Waals surface area contributed by atoms with E-state index in [1.54, 1.807) is 0 Å². The fourth-order valence-electron chi connectivity index (χ4n) is 2.18. The Morgan fingerprint density at radius 3 is 2.82 bits per heavy atom. The average molecular weight is 228 g/mol. The minimum Gasteiger partial charge on any atom is -0.330 e. The number of imidazole rings is 2. The summed E-state index contributed by atoms with van der Waals surface area (Å²) in [6.07, 6.45) is 2.95. The number of rotatable bonds is 2. The van der Waals surface area contributed by atoms with Crippen LogP contribution in [0.1, 0.15) is 16.8 Å². The first-order chi connectivity index (χ1) is 8.19. The lowest BCUT2D eigenvalue weighted by molar-refractivity contribution is 0.936. The van der Waals surface area contributed by atoms with E-state index in [-0.39, 0.29) is 0 Å². The number of nitrogens with zero attached hydrogens (tertiary/aromatic N) is 2. The van der Waals surface area contributed by atoms with Gasteiger partial charge in [0.05, 0.1) is 11.0 Å². The summed E-state index contributed by atoms with van der Waals surface area (Å²) >= 11 is 0. The molecule has 0 amide bonds. The highest BCUT2D eigenvalue weighted by Crippen LogP contribution is 2.21. The number of benzene rings is 1. The van der Waals surface area contributed by atoms with Gasteiger partial charge in [-0.2, -0.15) is 0 Å². The van der Waals surface area contributed by atoms with E-state index in [4.69, 9.17) is 5.73 Å². The lowest BCUT2D eigenvalue weighted by atomic mass is 10.1. The molecule has 0 aliphatic carbocycles. The summed E-state index contributed by atoms with van der Waals surface area (Å²) in [6.45, 7) is 4.89. The molecule has 0 saturated carbocycles. The number of fused-ring (bicyclic) bond motifs is 3. The average Bonchev–Trinajstić information content (AvgIpc) is 2.78. The van der Waals surface area contributed by atoms with Crippen molar-refractivity contribution >= 4 is 16.8 Å². The number of H-pyrrole nitrogens is 1. The zero-order chi connectivity index (χ0) is 12.0. The highest BCUT2D eigenvalue weighted by atomic mass is 15.1. The predicted molar refractivity (Wildman–Crippen MR) is 69.3 cm³/mol. The second-order valence-electron chi connectivity index (χ2n) is 4.55. The molecule has 1 aromatic carbocycles. The summed E-state index contributed by atoms with van der Waals surface area (Å²) in [6, 6.07) is 4.32. The summed E-state index contributed by atoms with van der Waals surface area (Å²) in [5.74, 6) is 0.897. The summed E-state index contributed by atoms with van der Waals surface area (Å²) in [5.41, 5.74) is 11.5. The Morgan fingerprint density at radius 2 is 2.06 bits per heavy atom. The minimum absolute atomic E-state index is 0.653. The Morgan fingerprint density at radius 1 is 1.29 bits per heavy atom. The van der Waals surface area contributed by atoms with Gasteiger partial charge in [-0.1, -0.05) is 0 Å². The second-order valence-corrected chi connectivity index (χ2v) is 4.55. The third-order valence-corrected chi connectivity index (χ3v) is 3.28. The van der Waals surface area contributed by atoms with Crippen LogP contribution in [0.15, 0.2) is 18.3 Å². The van der Waals surface area contributed by atoms with E-state index in [1.807, 2.05) is 0 Å². The highest BCUT2D eigenvalue weighted by molar-refractivity contribution is 5.81. The third kappa shape index (κ3) is 1.52. The van der Waals surface area contributed by atoms with Crippen LogP contribution in [-0.4, -0.2) is 20.9 Å². The van der Waals surface area contributed by atoms with Gasteiger partial charge in [0.2, 0.25) is 5.78 Å². The van der Waals surface area contributed by atoms with Crippen LogP contribution >= 0.6 is 0 Å². The van der Waals surface area contributed by atoms with E-state index >= 15 is 0 Å². The molecule has 0 fully saturated rings. The van der Waals surface area contributed by atoms with Crippen molar-refractivity contribution in [1.29, 1.82) is 0 Å². The maximum atomic E-state index is 5.56. The molecule has 0 spiro atoms. The van der Waals surface area contributed by atoms with Gasteiger partial charge < -0.3 is 10.7 Å². The molecular weight excluding hydrogens is 212 g/mol. The first-order valence-corrected chi connectivity index (χ1v) is 5.86. The van der Waals surface area contributed by atoms with Crippen LogP contribution in [-0.2, 0) is 6.42 Å². The molecule has 0 unspecified atom stereocenters. The van der Waals surface area contributed by atoms with E-state index < -0.39 is 0 Å². The Hall–Kier alpha value is -1.81. The van der Waals surface area contributed by atoms with Gasteiger partial charge in [0.15, 0.2) is 0 Å². The zero-order valence-electron chi connectivity index (χ0n) is 10.1. The molecule has 3 rings (SSSR count). The number of hydrogen-bond donors (Lipinski definition) is 2. The Bertz CT molecular complexity index is 690. The van der Waals surface area contributed by atoms with E-state index in [1.165, 1.54) is 11.1 Å². The van der Waals surface area contributed by atoms with Gasteiger partial charge in [-0.3, -0.25) is 4.40 Å². The monoisotopic (exact) mass is 228 g/mol. The van der Waals surface area contributed by atoms with Crippen molar-refractivity contribution in [3.05, 3.63) is 35.2 Å². The number of hydrogen-bond acceptors (Lipinski definition) is 2. The molecule has 0 saturated heterocycles. The molecule has 88 valence electrons. The first-order valence-electron chi connectivity index (χ1n) is 5.86. The number of aromatic nitrogens is 3. The maximum Gasteiger partial charge on any atom is 0.212 e. The van der Waals surface area contributed by atoms with Gasteiger partial charge in [0.25, 0.3) is 0 Å². The smallest absolute Gasteiger partial charge is 0.212 e. The lowest BCUT2D eigenvalue weighted by Crippen LogP contribution is -2.02. The second kappa shape index (κ2) is 3.60. The summed E-state index contributed by atoms with van der Waals surface area (Å²) < 4.78 is 2.10. The van der Waals surface area contributed by atoms with Gasteiger partial charge in [-0.05, 0) is 43.7 Å². The van der Waals surface area contributed by atoms with Gasteiger partial charge in [-0.15, -0.1) is 0 Å². The van der Waals surface area contributed by atoms with Crippen LogP contribution in [0.2, 0.25) is 0 Å². The SMILES string of the molecule is Cc1cc2nc3[nH]c(CCN)cn3c2cc1C. The number of aromatic amines is 1. The molecule has 17 heavy (non-hydrogen) atoms. The molecule has 3 N–H and O–H groups in total. The van der Waals surface area contributed by atoms with E-state index in [2.05, 4.69) is 46.5 Å². The maximum absolute atomic E-state index is 5.56. The van der Waals surface area contributed by atoms with Crippen LogP contribution in [0.25, 0.3) is 16.8 Å². The standard InChI is InChI=1S/C13H16N4/c1-8-5-11-12(6-9(8)2)17-7-10(3-4-14)15-13(17)16-11/h5-7H,3-4,14H2,1-2H3,(H,15,16). The summed E-state index contributed by atoms with van der Waals surface area (Å²) in [7, 11) is 0. The van der Waals surface area contributed by atoms with Crippen LogP contribution in [0.5, 0.6) is 0 Å². The molecule has 0 atom stereocenters. The topological polar surface area (TPSA) is 59.1 Å². The minimum atomic E-state index is 0.653. The molecule has 2 heterocycles. The summed E-state index contributed by atoms with van der Waals surface area (Å²) in [4.78, 5) is 7.88. The molecule has 4 nitrogen and oxygen atoms in total. The largest absolute Gasteiger partial charge is 0.330 e. The normalized spacial score (nSPS) is 11.7. The van der Waals surface area contributed by atoms with Crippen molar-refractivity contribution in [3.63, 3.8) is 0 Å². The Balaban J connectivity index is 2.28. The van der Waals surface area contributed by atoms with E-state index in [0.717, 1.165) is 28.9 Å². The van der Waals surface area contributed by atoms with Crippen molar-refractivity contribution in [2.75, 3.05) is 6.54 Å².